The number of carbonyl (C=O) groups excluding carboxylic acids is 1. The zero-order valence-corrected chi connectivity index (χ0v) is 14.2. The molecule has 1 saturated heterocycles. The molecule has 1 aromatic heterocycles. The van der Waals surface area contributed by atoms with E-state index >= 15 is 0 Å². The highest BCUT2D eigenvalue weighted by Crippen LogP contribution is 2.24. The summed E-state index contributed by atoms with van der Waals surface area (Å²) in [7, 11) is -2.27. The number of pyridine rings is 1. The topological polar surface area (TPSA) is 79.4 Å². The van der Waals surface area contributed by atoms with Gasteiger partial charge in [0.1, 0.15) is 0 Å². The Bertz CT molecular complexity index is 820. The fourth-order valence-electron chi connectivity index (χ4n) is 2.74. The van der Waals surface area contributed by atoms with Crippen molar-refractivity contribution in [3.05, 3.63) is 59.8 Å². The maximum Gasteiger partial charge on any atom is 0.257 e. The van der Waals surface area contributed by atoms with Crippen molar-refractivity contribution in [3.8, 4) is 0 Å². The van der Waals surface area contributed by atoms with E-state index in [1.165, 1.54) is 30.9 Å². The number of benzene rings is 1. The minimum Gasteiger partial charge on any atom is -0.335 e. The minimum absolute atomic E-state index is 0.0917. The molecule has 1 aliphatic heterocycles. The number of hydrogen-bond donors (Lipinski definition) is 1. The van der Waals surface area contributed by atoms with Crippen molar-refractivity contribution in [1.82, 2.24) is 14.6 Å². The number of likely N-dealkylation sites (tertiary alicyclic amines) is 1. The molecule has 0 spiro atoms. The van der Waals surface area contributed by atoms with E-state index < -0.39 is 10.0 Å². The molecule has 7 heteroatoms. The average molecular weight is 345 g/mol. The van der Waals surface area contributed by atoms with Gasteiger partial charge in [-0.15, -0.1) is 0 Å². The second kappa shape index (κ2) is 6.70. The van der Waals surface area contributed by atoms with Crippen molar-refractivity contribution < 1.29 is 13.2 Å². The van der Waals surface area contributed by atoms with Crippen LogP contribution in [0.2, 0.25) is 0 Å². The van der Waals surface area contributed by atoms with Gasteiger partial charge in [0.15, 0.2) is 5.03 Å². The van der Waals surface area contributed by atoms with Gasteiger partial charge < -0.3 is 4.90 Å². The Hall–Kier alpha value is -2.25. The van der Waals surface area contributed by atoms with Gasteiger partial charge in [0.2, 0.25) is 0 Å². The van der Waals surface area contributed by atoms with Crippen LogP contribution in [-0.2, 0) is 16.4 Å². The molecule has 3 rings (SSSR count). The van der Waals surface area contributed by atoms with Gasteiger partial charge in [0, 0.05) is 18.8 Å². The van der Waals surface area contributed by atoms with E-state index in [1.54, 1.807) is 0 Å². The lowest BCUT2D eigenvalue weighted by atomic mass is 9.94. The predicted molar refractivity (Wildman–Crippen MR) is 90.1 cm³/mol. The number of aromatic nitrogens is 1. The Morgan fingerprint density at radius 1 is 1.25 bits per heavy atom. The Morgan fingerprint density at radius 3 is 2.54 bits per heavy atom. The zero-order chi connectivity index (χ0) is 17.2. The molecule has 0 saturated carbocycles. The normalized spacial score (nSPS) is 17.4. The molecule has 6 nitrogen and oxygen atoms in total. The number of nitrogens with zero attached hydrogens (tertiary/aromatic N) is 2. The summed E-state index contributed by atoms with van der Waals surface area (Å²) in [5.74, 6) is -0.108. The molecular weight excluding hydrogens is 326 g/mol. The van der Waals surface area contributed by atoms with Crippen LogP contribution in [-0.4, -0.2) is 43.8 Å². The van der Waals surface area contributed by atoms with Crippen LogP contribution in [0.4, 0.5) is 0 Å². The fourth-order valence-corrected chi connectivity index (χ4v) is 3.39. The lowest BCUT2D eigenvalue weighted by Crippen LogP contribution is -2.52. The Morgan fingerprint density at radius 2 is 2.00 bits per heavy atom. The molecule has 2 heterocycles. The highest BCUT2D eigenvalue weighted by Gasteiger charge is 2.32. The van der Waals surface area contributed by atoms with Gasteiger partial charge in [0.05, 0.1) is 5.56 Å². The third kappa shape index (κ3) is 3.32. The zero-order valence-electron chi connectivity index (χ0n) is 13.3. The number of carbonyl (C=O) groups is 1. The van der Waals surface area contributed by atoms with E-state index in [0.29, 0.717) is 12.1 Å². The van der Waals surface area contributed by atoms with E-state index in [4.69, 9.17) is 0 Å². The maximum atomic E-state index is 12.6. The van der Waals surface area contributed by atoms with E-state index in [2.05, 4.69) is 21.8 Å². The summed E-state index contributed by atoms with van der Waals surface area (Å²) in [5.41, 5.74) is 1.61. The largest absolute Gasteiger partial charge is 0.335 e. The summed E-state index contributed by atoms with van der Waals surface area (Å²) in [4.78, 5) is 18.3. The Labute approximate surface area is 141 Å². The monoisotopic (exact) mass is 345 g/mol. The highest BCUT2D eigenvalue weighted by molar-refractivity contribution is 7.89. The molecule has 1 N–H and O–H groups in total. The van der Waals surface area contributed by atoms with Gasteiger partial charge in [-0.2, -0.15) is 0 Å². The lowest BCUT2D eigenvalue weighted by molar-refractivity contribution is 0.0464. The van der Waals surface area contributed by atoms with E-state index in [1.807, 2.05) is 23.1 Å². The summed E-state index contributed by atoms with van der Waals surface area (Å²) in [6, 6.07) is 13.1. The van der Waals surface area contributed by atoms with Crippen LogP contribution in [0.25, 0.3) is 0 Å². The number of sulfonamides is 1. The van der Waals surface area contributed by atoms with Crippen molar-refractivity contribution >= 4 is 15.9 Å². The first-order valence-electron chi connectivity index (χ1n) is 7.76. The third-order valence-corrected chi connectivity index (χ3v) is 5.58. The minimum atomic E-state index is -3.59. The van der Waals surface area contributed by atoms with Crippen LogP contribution in [0.15, 0.2) is 53.7 Å². The van der Waals surface area contributed by atoms with Crippen LogP contribution < -0.4 is 4.72 Å². The summed E-state index contributed by atoms with van der Waals surface area (Å²) < 4.78 is 25.5. The number of nitrogens with one attached hydrogen (secondary N) is 1. The summed E-state index contributed by atoms with van der Waals surface area (Å²) in [6.07, 6.45) is 3.12. The SMILES string of the molecule is CNS(=O)(=O)c1ccc(C(=O)N2CCC2Cc2ccccc2)cn1. The van der Waals surface area contributed by atoms with E-state index in [9.17, 15) is 13.2 Å². The second-order valence-corrected chi connectivity index (χ2v) is 7.56. The van der Waals surface area contributed by atoms with Crippen molar-refractivity contribution in [1.29, 1.82) is 0 Å². The van der Waals surface area contributed by atoms with Crippen molar-refractivity contribution in [3.63, 3.8) is 0 Å². The first kappa shape index (κ1) is 16.6. The molecule has 1 aliphatic rings. The molecule has 1 amide bonds. The van der Waals surface area contributed by atoms with Gasteiger partial charge in [-0.25, -0.2) is 18.1 Å². The molecule has 1 aromatic carbocycles. The quantitative estimate of drug-likeness (QED) is 0.889. The van der Waals surface area contributed by atoms with E-state index in [0.717, 1.165) is 12.8 Å². The van der Waals surface area contributed by atoms with Gasteiger partial charge in [-0.3, -0.25) is 4.79 Å². The van der Waals surface area contributed by atoms with Crippen LogP contribution in [0.3, 0.4) is 0 Å². The van der Waals surface area contributed by atoms with Crippen molar-refractivity contribution in [2.75, 3.05) is 13.6 Å². The predicted octanol–water partition coefficient (Wildman–Crippen LogP) is 1.45. The molecule has 0 radical (unpaired) electrons. The van der Waals surface area contributed by atoms with Crippen LogP contribution in [0.5, 0.6) is 0 Å². The standard InChI is InChI=1S/C17H19N3O3S/c1-18-24(22,23)16-8-7-14(12-19-16)17(21)20-10-9-15(20)11-13-5-3-2-4-6-13/h2-8,12,15,18H,9-11H2,1H3. The molecule has 0 aliphatic carbocycles. The molecule has 1 unspecified atom stereocenters. The number of rotatable bonds is 5. The lowest BCUT2D eigenvalue weighted by Gasteiger charge is -2.41. The third-order valence-electron chi connectivity index (χ3n) is 4.25. The second-order valence-electron chi connectivity index (χ2n) is 5.72. The first-order valence-corrected chi connectivity index (χ1v) is 9.24. The molecule has 1 atom stereocenters. The number of hydrogen-bond acceptors (Lipinski definition) is 4. The number of amides is 1. The van der Waals surface area contributed by atoms with Gasteiger partial charge >= 0.3 is 0 Å². The smallest absolute Gasteiger partial charge is 0.257 e. The van der Waals surface area contributed by atoms with Crippen LogP contribution >= 0.6 is 0 Å². The van der Waals surface area contributed by atoms with Gasteiger partial charge in [-0.1, -0.05) is 30.3 Å². The molecule has 24 heavy (non-hydrogen) atoms. The maximum absolute atomic E-state index is 12.6. The molecule has 126 valence electrons. The molecule has 0 bridgehead atoms. The summed E-state index contributed by atoms with van der Waals surface area (Å²) >= 11 is 0. The van der Waals surface area contributed by atoms with E-state index in [-0.39, 0.29) is 17.0 Å². The van der Waals surface area contributed by atoms with Crippen LogP contribution in [0.1, 0.15) is 22.3 Å². The van der Waals surface area contributed by atoms with Crippen molar-refractivity contribution in [2.45, 2.75) is 23.9 Å². The average Bonchev–Trinajstić information content (AvgIpc) is 2.59. The van der Waals surface area contributed by atoms with Gasteiger partial charge in [-0.05, 0) is 37.6 Å². The molecule has 2 aromatic rings. The van der Waals surface area contributed by atoms with Crippen LogP contribution in [0, 0.1) is 0 Å². The summed E-state index contributed by atoms with van der Waals surface area (Å²) in [5, 5.41) is -0.0917. The Balaban J connectivity index is 1.70. The Kier molecular flexibility index (Phi) is 4.64. The molecule has 1 fully saturated rings. The molecular formula is C17H19N3O3S. The first-order chi connectivity index (χ1) is 11.5. The van der Waals surface area contributed by atoms with Crippen molar-refractivity contribution in [2.24, 2.45) is 0 Å². The van der Waals surface area contributed by atoms with Gasteiger partial charge in [0.25, 0.3) is 15.9 Å². The highest BCUT2D eigenvalue weighted by atomic mass is 32.2. The summed E-state index contributed by atoms with van der Waals surface area (Å²) in [6.45, 7) is 0.715. The fraction of sp³-hybridized carbons (Fsp3) is 0.294.